The third-order valence-corrected chi connectivity index (χ3v) is 3.49. The predicted molar refractivity (Wildman–Crippen MR) is 78.2 cm³/mol. The number of rotatable bonds is 3. The van der Waals surface area contributed by atoms with Gasteiger partial charge >= 0.3 is 0 Å². The lowest BCUT2D eigenvalue weighted by Crippen LogP contribution is -2.19. The van der Waals surface area contributed by atoms with E-state index in [4.69, 9.17) is 4.42 Å². The van der Waals surface area contributed by atoms with Gasteiger partial charge in [-0.05, 0) is 25.8 Å². The highest BCUT2D eigenvalue weighted by Gasteiger charge is 2.22. The van der Waals surface area contributed by atoms with Crippen molar-refractivity contribution in [2.75, 3.05) is 18.0 Å². The molecule has 0 bridgehead atoms. The predicted octanol–water partition coefficient (Wildman–Crippen LogP) is 3.42. The van der Waals surface area contributed by atoms with Crippen LogP contribution in [0.2, 0.25) is 0 Å². The van der Waals surface area contributed by atoms with Gasteiger partial charge < -0.3 is 9.32 Å². The van der Waals surface area contributed by atoms with E-state index in [1.807, 2.05) is 6.92 Å². The van der Waals surface area contributed by atoms with Gasteiger partial charge in [0.2, 0.25) is 0 Å². The van der Waals surface area contributed by atoms with Crippen molar-refractivity contribution >= 4 is 29.1 Å². The van der Waals surface area contributed by atoms with Crippen molar-refractivity contribution < 1.29 is 4.42 Å². The maximum absolute atomic E-state index is 5.88. The molecule has 1 saturated heterocycles. The van der Waals surface area contributed by atoms with Crippen LogP contribution in [0.3, 0.4) is 0 Å². The van der Waals surface area contributed by atoms with Crippen LogP contribution in [0.4, 0.5) is 5.82 Å². The second kappa shape index (κ2) is 4.53. The van der Waals surface area contributed by atoms with Crippen LogP contribution in [0.5, 0.6) is 0 Å². The second-order valence-corrected chi connectivity index (χ2v) is 4.75. The van der Waals surface area contributed by atoms with E-state index in [0.717, 1.165) is 41.4 Å². The third kappa shape index (κ3) is 1.84. The fourth-order valence-electron chi connectivity index (χ4n) is 2.60. The molecular weight excluding hydrogens is 238 g/mol. The van der Waals surface area contributed by atoms with E-state index in [-0.39, 0.29) is 0 Å². The van der Waals surface area contributed by atoms with Crippen molar-refractivity contribution in [3.63, 3.8) is 0 Å². The highest BCUT2D eigenvalue weighted by atomic mass is 16.3. The van der Waals surface area contributed by atoms with Crippen LogP contribution >= 0.6 is 0 Å². The van der Waals surface area contributed by atoms with Crippen LogP contribution in [-0.4, -0.2) is 23.1 Å². The molecule has 2 aromatic heterocycles. The molecule has 4 nitrogen and oxygen atoms in total. The van der Waals surface area contributed by atoms with Gasteiger partial charge in [-0.25, -0.2) is 9.97 Å². The van der Waals surface area contributed by atoms with Gasteiger partial charge in [-0.3, -0.25) is 0 Å². The minimum atomic E-state index is 0.713. The molecule has 3 heterocycles. The fourth-order valence-corrected chi connectivity index (χ4v) is 2.60. The van der Waals surface area contributed by atoms with Crippen LogP contribution in [0, 0.1) is 6.92 Å². The van der Waals surface area contributed by atoms with Gasteiger partial charge in [0.05, 0.1) is 0 Å². The Labute approximate surface area is 112 Å². The Morgan fingerprint density at radius 2 is 1.89 bits per heavy atom. The molecule has 98 valence electrons. The minimum Gasteiger partial charge on any atom is -0.450 e. The van der Waals surface area contributed by atoms with Crippen molar-refractivity contribution in [3.8, 4) is 0 Å². The van der Waals surface area contributed by atoms with E-state index in [9.17, 15) is 0 Å². The third-order valence-electron chi connectivity index (χ3n) is 3.49. The number of anilines is 1. The highest BCUT2D eigenvalue weighted by Crippen LogP contribution is 2.33. The molecule has 2 aromatic rings. The molecule has 0 amide bonds. The number of aromatic nitrogens is 2. The topological polar surface area (TPSA) is 42.2 Å². The number of hydrogen-bond donors (Lipinski definition) is 0. The molecule has 1 aliphatic heterocycles. The molecular formula is C15H17N3O. The van der Waals surface area contributed by atoms with Crippen LogP contribution in [0.25, 0.3) is 23.3 Å². The van der Waals surface area contributed by atoms with Crippen LogP contribution in [0.15, 0.2) is 17.6 Å². The molecule has 19 heavy (non-hydrogen) atoms. The van der Waals surface area contributed by atoms with E-state index >= 15 is 0 Å². The fraction of sp³-hybridized carbons (Fsp3) is 0.333. The summed E-state index contributed by atoms with van der Waals surface area (Å²) in [7, 11) is 0. The first-order valence-corrected chi connectivity index (χ1v) is 6.55. The van der Waals surface area contributed by atoms with E-state index in [2.05, 4.69) is 28.0 Å². The summed E-state index contributed by atoms with van der Waals surface area (Å²) < 4.78 is 5.88. The lowest BCUT2D eigenvalue weighted by molar-refractivity contribution is 0.599. The molecule has 0 N–H and O–H groups in total. The molecule has 0 saturated carbocycles. The first kappa shape index (κ1) is 12.0. The van der Waals surface area contributed by atoms with Crippen LogP contribution in [0.1, 0.15) is 30.0 Å². The SMILES string of the molecule is C=Cc1oc2c(N3CCCC3)nc(C)nc2c1C=C. The Morgan fingerprint density at radius 1 is 1.16 bits per heavy atom. The van der Waals surface area contributed by atoms with Gasteiger partial charge in [0.1, 0.15) is 17.1 Å². The van der Waals surface area contributed by atoms with Gasteiger partial charge in [-0.2, -0.15) is 0 Å². The molecule has 0 aliphatic carbocycles. The van der Waals surface area contributed by atoms with Gasteiger partial charge in [-0.15, -0.1) is 0 Å². The lowest BCUT2D eigenvalue weighted by Gasteiger charge is -2.16. The van der Waals surface area contributed by atoms with E-state index in [1.165, 1.54) is 12.8 Å². The van der Waals surface area contributed by atoms with Crippen molar-refractivity contribution in [3.05, 3.63) is 30.3 Å². The molecule has 0 atom stereocenters. The van der Waals surface area contributed by atoms with E-state index < -0.39 is 0 Å². The average molecular weight is 255 g/mol. The molecule has 1 aliphatic rings. The molecule has 0 spiro atoms. The first-order valence-electron chi connectivity index (χ1n) is 6.55. The van der Waals surface area contributed by atoms with Gasteiger partial charge in [0, 0.05) is 18.7 Å². The smallest absolute Gasteiger partial charge is 0.196 e. The van der Waals surface area contributed by atoms with Gasteiger partial charge in [0.25, 0.3) is 0 Å². The minimum absolute atomic E-state index is 0.713. The standard InChI is InChI=1S/C15H17N3O/c1-4-11-12(5-2)19-14-13(11)16-10(3)17-15(14)18-8-6-7-9-18/h4-5H,1-2,6-9H2,3H3. The molecule has 1 fully saturated rings. The van der Waals surface area contributed by atoms with E-state index in [0.29, 0.717) is 5.76 Å². The summed E-state index contributed by atoms with van der Waals surface area (Å²) in [5.74, 6) is 2.37. The summed E-state index contributed by atoms with van der Waals surface area (Å²) >= 11 is 0. The molecule has 0 aromatic carbocycles. The number of nitrogens with zero attached hydrogens (tertiary/aromatic N) is 3. The average Bonchev–Trinajstić information content (AvgIpc) is 3.04. The molecule has 4 heteroatoms. The zero-order chi connectivity index (χ0) is 13.4. The largest absolute Gasteiger partial charge is 0.450 e. The monoisotopic (exact) mass is 255 g/mol. The lowest BCUT2D eigenvalue weighted by atomic mass is 10.2. The Balaban J connectivity index is 2.29. The molecule has 0 unspecified atom stereocenters. The van der Waals surface area contributed by atoms with Gasteiger partial charge in [0.15, 0.2) is 11.4 Å². The zero-order valence-corrected chi connectivity index (χ0v) is 11.1. The van der Waals surface area contributed by atoms with Crippen LogP contribution in [-0.2, 0) is 0 Å². The number of fused-ring (bicyclic) bond motifs is 1. The highest BCUT2D eigenvalue weighted by molar-refractivity contribution is 5.93. The second-order valence-electron chi connectivity index (χ2n) is 4.75. The van der Waals surface area contributed by atoms with E-state index in [1.54, 1.807) is 12.2 Å². The molecule has 3 rings (SSSR count). The van der Waals surface area contributed by atoms with Crippen LogP contribution < -0.4 is 4.90 Å². The van der Waals surface area contributed by atoms with Crippen molar-refractivity contribution in [1.29, 1.82) is 0 Å². The number of hydrogen-bond acceptors (Lipinski definition) is 4. The summed E-state index contributed by atoms with van der Waals surface area (Å²) in [4.78, 5) is 11.3. The Hall–Kier alpha value is -2.10. The Bertz CT molecular complexity index is 651. The molecule has 0 radical (unpaired) electrons. The summed E-state index contributed by atoms with van der Waals surface area (Å²) in [5, 5.41) is 0. The van der Waals surface area contributed by atoms with Crippen molar-refractivity contribution in [2.24, 2.45) is 0 Å². The quantitative estimate of drug-likeness (QED) is 0.842. The number of aryl methyl sites for hydroxylation is 1. The number of furan rings is 1. The summed E-state index contributed by atoms with van der Waals surface area (Å²) in [6, 6.07) is 0. The zero-order valence-electron chi connectivity index (χ0n) is 11.1. The van der Waals surface area contributed by atoms with Crippen molar-refractivity contribution in [1.82, 2.24) is 9.97 Å². The summed E-state index contributed by atoms with van der Waals surface area (Å²) in [6.07, 6.45) is 5.87. The van der Waals surface area contributed by atoms with Gasteiger partial charge in [-0.1, -0.05) is 19.2 Å². The normalized spacial score (nSPS) is 15.1. The summed E-state index contributed by atoms with van der Waals surface area (Å²) in [5.41, 5.74) is 2.48. The Morgan fingerprint density at radius 3 is 2.53 bits per heavy atom. The Kier molecular flexibility index (Phi) is 2.85. The first-order chi connectivity index (χ1) is 9.24. The maximum Gasteiger partial charge on any atom is 0.196 e. The maximum atomic E-state index is 5.88. The van der Waals surface area contributed by atoms with Crippen molar-refractivity contribution in [2.45, 2.75) is 19.8 Å². The summed E-state index contributed by atoms with van der Waals surface area (Å²) in [6.45, 7) is 11.6.